The van der Waals surface area contributed by atoms with Crippen LogP contribution in [0.1, 0.15) is 18.4 Å². The first-order chi connectivity index (χ1) is 7.65. The fraction of sp³-hybridized carbons (Fsp3) is 0.308. The molecule has 0 saturated heterocycles. The molecule has 3 nitrogen and oxygen atoms in total. The molecule has 0 amide bonds. The highest BCUT2D eigenvalue weighted by Crippen LogP contribution is 2.29. The van der Waals surface area contributed by atoms with Gasteiger partial charge in [0.05, 0.1) is 17.4 Å². The van der Waals surface area contributed by atoms with Crippen LogP contribution < -0.4 is 10.2 Å². The van der Waals surface area contributed by atoms with Gasteiger partial charge in [-0.25, -0.2) is 0 Å². The van der Waals surface area contributed by atoms with Gasteiger partial charge in [-0.15, -0.1) is 0 Å². The lowest BCUT2D eigenvalue weighted by atomic mass is 10.2. The van der Waals surface area contributed by atoms with Crippen LogP contribution in [0.25, 0.3) is 10.8 Å². The van der Waals surface area contributed by atoms with Crippen molar-refractivity contribution in [1.82, 2.24) is 0 Å². The molecular formula is C13H14O3. The van der Waals surface area contributed by atoms with Gasteiger partial charge in [0.2, 0.25) is 0 Å². The smallest absolute Gasteiger partial charge is 0.190 e. The molecule has 0 fully saturated rings. The first-order valence-corrected chi connectivity index (χ1v) is 5.31. The monoisotopic (exact) mass is 218 g/mol. The van der Waals surface area contributed by atoms with E-state index >= 15 is 0 Å². The average molecular weight is 218 g/mol. The third-order valence-corrected chi connectivity index (χ3v) is 2.55. The molecule has 0 N–H and O–H groups in total. The van der Waals surface area contributed by atoms with Crippen LogP contribution in [0.3, 0.4) is 0 Å². The third-order valence-electron chi connectivity index (χ3n) is 2.55. The van der Waals surface area contributed by atoms with Crippen molar-refractivity contribution in [2.75, 3.05) is 6.61 Å². The SMILES string of the molecule is CCOc1cccc(=O)c2c(C)oc(C)c12. The Hall–Kier alpha value is -1.77. The van der Waals surface area contributed by atoms with Gasteiger partial charge in [0.1, 0.15) is 17.3 Å². The van der Waals surface area contributed by atoms with E-state index in [2.05, 4.69) is 0 Å². The van der Waals surface area contributed by atoms with Crippen LogP contribution in [-0.4, -0.2) is 6.61 Å². The van der Waals surface area contributed by atoms with Crippen LogP contribution in [0.2, 0.25) is 0 Å². The number of hydrogen-bond donors (Lipinski definition) is 0. The Morgan fingerprint density at radius 1 is 1.19 bits per heavy atom. The van der Waals surface area contributed by atoms with Gasteiger partial charge in [0, 0.05) is 0 Å². The third kappa shape index (κ3) is 1.58. The lowest BCUT2D eigenvalue weighted by Crippen LogP contribution is -1.95. The molecule has 84 valence electrons. The van der Waals surface area contributed by atoms with Crippen molar-refractivity contribution in [3.05, 3.63) is 39.9 Å². The fourth-order valence-electron chi connectivity index (χ4n) is 1.94. The van der Waals surface area contributed by atoms with Crippen molar-refractivity contribution in [2.24, 2.45) is 0 Å². The zero-order valence-electron chi connectivity index (χ0n) is 9.66. The molecule has 3 heteroatoms. The second kappa shape index (κ2) is 4.00. The van der Waals surface area contributed by atoms with Crippen LogP contribution in [0.15, 0.2) is 27.4 Å². The number of hydrogen-bond acceptors (Lipinski definition) is 3. The Kier molecular flexibility index (Phi) is 2.69. The van der Waals surface area contributed by atoms with E-state index in [1.807, 2.05) is 13.8 Å². The van der Waals surface area contributed by atoms with Crippen LogP contribution in [-0.2, 0) is 0 Å². The summed E-state index contributed by atoms with van der Waals surface area (Å²) >= 11 is 0. The molecule has 2 rings (SSSR count). The minimum absolute atomic E-state index is 0.0321. The van der Waals surface area contributed by atoms with Gasteiger partial charge in [-0.1, -0.05) is 6.07 Å². The van der Waals surface area contributed by atoms with E-state index in [4.69, 9.17) is 9.15 Å². The zero-order valence-corrected chi connectivity index (χ0v) is 9.66. The van der Waals surface area contributed by atoms with Crippen molar-refractivity contribution in [3.63, 3.8) is 0 Å². The Morgan fingerprint density at radius 2 is 1.88 bits per heavy atom. The van der Waals surface area contributed by atoms with E-state index in [1.54, 1.807) is 19.1 Å². The maximum Gasteiger partial charge on any atom is 0.190 e. The molecular weight excluding hydrogens is 204 g/mol. The molecule has 0 unspecified atom stereocenters. The van der Waals surface area contributed by atoms with Gasteiger partial charge >= 0.3 is 0 Å². The predicted molar refractivity (Wildman–Crippen MR) is 63.1 cm³/mol. The topological polar surface area (TPSA) is 39.4 Å². The number of aryl methyl sites for hydroxylation is 2. The van der Waals surface area contributed by atoms with E-state index in [0.29, 0.717) is 23.5 Å². The van der Waals surface area contributed by atoms with E-state index in [-0.39, 0.29) is 5.43 Å². The summed E-state index contributed by atoms with van der Waals surface area (Å²) < 4.78 is 11.0. The van der Waals surface area contributed by atoms with Gasteiger partial charge in [-0.2, -0.15) is 0 Å². The van der Waals surface area contributed by atoms with E-state index in [9.17, 15) is 4.79 Å². The van der Waals surface area contributed by atoms with Gasteiger partial charge in [-0.3, -0.25) is 4.79 Å². The number of furan rings is 1. The normalized spacial score (nSPS) is 10.7. The van der Waals surface area contributed by atoms with E-state index in [1.165, 1.54) is 6.07 Å². The molecule has 1 aromatic heterocycles. The second-order valence-corrected chi connectivity index (χ2v) is 3.65. The Morgan fingerprint density at radius 3 is 2.56 bits per heavy atom. The van der Waals surface area contributed by atoms with Gasteiger partial charge in [0.15, 0.2) is 5.43 Å². The van der Waals surface area contributed by atoms with Crippen molar-refractivity contribution in [2.45, 2.75) is 20.8 Å². The Labute approximate surface area is 93.7 Å². The molecule has 0 atom stereocenters. The number of rotatable bonds is 2. The van der Waals surface area contributed by atoms with Gasteiger partial charge < -0.3 is 9.15 Å². The molecule has 0 aliphatic rings. The van der Waals surface area contributed by atoms with Crippen molar-refractivity contribution < 1.29 is 9.15 Å². The molecule has 0 bridgehead atoms. The average Bonchev–Trinajstić information content (AvgIpc) is 2.42. The van der Waals surface area contributed by atoms with Gasteiger partial charge in [-0.05, 0) is 32.9 Å². The van der Waals surface area contributed by atoms with Crippen molar-refractivity contribution >= 4 is 10.8 Å². The minimum Gasteiger partial charge on any atom is -0.493 e. The highest BCUT2D eigenvalue weighted by atomic mass is 16.5. The molecule has 1 heterocycles. The Bertz CT molecular complexity index is 581. The maximum absolute atomic E-state index is 11.9. The summed E-state index contributed by atoms with van der Waals surface area (Å²) in [5.74, 6) is 2.08. The standard InChI is InChI=1S/C13H14O3/c1-4-15-11-7-5-6-10(14)12-8(2)16-9(3)13(11)12/h5-7H,4H2,1-3H3. The van der Waals surface area contributed by atoms with Crippen molar-refractivity contribution in [1.29, 1.82) is 0 Å². The summed E-state index contributed by atoms with van der Waals surface area (Å²) in [5.41, 5.74) is -0.0321. The zero-order chi connectivity index (χ0) is 11.7. The first-order valence-electron chi connectivity index (χ1n) is 5.31. The highest BCUT2D eigenvalue weighted by molar-refractivity contribution is 5.91. The summed E-state index contributed by atoms with van der Waals surface area (Å²) in [4.78, 5) is 11.9. The summed E-state index contributed by atoms with van der Waals surface area (Å²) in [7, 11) is 0. The van der Waals surface area contributed by atoms with Gasteiger partial charge in [0.25, 0.3) is 0 Å². The molecule has 16 heavy (non-hydrogen) atoms. The molecule has 1 aromatic carbocycles. The summed E-state index contributed by atoms with van der Waals surface area (Å²) in [6.45, 7) is 6.12. The predicted octanol–water partition coefficient (Wildman–Crippen LogP) is 2.81. The first kappa shape index (κ1) is 10.7. The molecule has 0 spiro atoms. The molecule has 0 aliphatic heterocycles. The molecule has 0 radical (unpaired) electrons. The van der Waals surface area contributed by atoms with Crippen LogP contribution >= 0.6 is 0 Å². The Balaban J connectivity index is 2.95. The fourth-order valence-corrected chi connectivity index (χ4v) is 1.94. The van der Waals surface area contributed by atoms with Crippen molar-refractivity contribution in [3.8, 4) is 5.75 Å². The lowest BCUT2D eigenvalue weighted by Gasteiger charge is -2.01. The lowest BCUT2D eigenvalue weighted by molar-refractivity contribution is 0.344. The van der Waals surface area contributed by atoms with E-state index in [0.717, 1.165) is 11.1 Å². The number of ether oxygens (including phenoxy) is 1. The largest absolute Gasteiger partial charge is 0.493 e. The summed E-state index contributed by atoms with van der Waals surface area (Å²) in [5, 5.41) is 1.40. The quantitative estimate of drug-likeness (QED) is 0.778. The van der Waals surface area contributed by atoms with Crippen LogP contribution in [0.4, 0.5) is 0 Å². The summed E-state index contributed by atoms with van der Waals surface area (Å²) in [6, 6.07) is 5.05. The van der Waals surface area contributed by atoms with E-state index < -0.39 is 0 Å². The highest BCUT2D eigenvalue weighted by Gasteiger charge is 2.13. The second-order valence-electron chi connectivity index (χ2n) is 3.65. The summed E-state index contributed by atoms with van der Waals surface area (Å²) in [6.07, 6.45) is 0. The molecule has 0 aliphatic carbocycles. The van der Waals surface area contributed by atoms with Crippen LogP contribution in [0, 0.1) is 13.8 Å². The maximum atomic E-state index is 11.9. The minimum atomic E-state index is -0.0321. The number of fused-ring (bicyclic) bond motifs is 1. The van der Waals surface area contributed by atoms with Crippen LogP contribution in [0.5, 0.6) is 5.75 Å². The molecule has 2 aromatic rings. The molecule has 0 saturated carbocycles.